The van der Waals surface area contributed by atoms with Crippen LogP contribution in [0.25, 0.3) is 5.82 Å². The average Bonchev–Trinajstić information content (AvgIpc) is 3.30. The largest absolute Gasteiger partial charge is 0.497 e. The van der Waals surface area contributed by atoms with Crippen LogP contribution in [0.4, 0.5) is 5.69 Å². The van der Waals surface area contributed by atoms with Crippen molar-refractivity contribution in [3.05, 3.63) is 84.7 Å². The maximum Gasteiger partial charge on any atom is 0.228 e. The first-order chi connectivity index (χ1) is 15.1. The van der Waals surface area contributed by atoms with E-state index in [1.807, 2.05) is 24.3 Å². The van der Waals surface area contributed by atoms with Crippen molar-refractivity contribution in [2.24, 2.45) is 0 Å². The van der Waals surface area contributed by atoms with Gasteiger partial charge in [0.2, 0.25) is 11.8 Å². The van der Waals surface area contributed by atoms with Gasteiger partial charge in [-0.05, 0) is 48.9 Å². The molecular formula is C23H21N5O3. The number of methoxy groups -OCH3 is 1. The second kappa shape index (κ2) is 9.08. The Labute approximate surface area is 179 Å². The Kier molecular flexibility index (Phi) is 5.89. The summed E-state index contributed by atoms with van der Waals surface area (Å²) in [7, 11) is 1.61. The molecule has 0 bridgehead atoms. The zero-order valence-electron chi connectivity index (χ0n) is 17.1. The predicted molar refractivity (Wildman–Crippen MR) is 116 cm³/mol. The lowest BCUT2D eigenvalue weighted by atomic mass is 10.1. The number of benzene rings is 2. The van der Waals surface area contributed by atoms with E-state index in [1.165, 1.54) is 0 Å². The molecule has 0 atom stereocenters. The van der Waals surface area contributed by atoms with E-state index in [-0.39, 0.29) is 12.3 Å². The maximum absolute atomic E-state index is 12.3. The van der Waals surface area contributed by atoms with Crippen LogP contribution in [0.15, 0.2) is 73.3 Å². The minimum absolute atomic E-state index is 0.102. The monoisotopic (exact) mass is 415 g/mol. The molecule has 0 radical (unpaired) electrons. The molecule has 8 heteroatoms. The van der Waals surface area contributed by atoms with E-state index in [0.29, 0.717) is 29.0 Å². The summed E-state index contributed by atoms with van der Waals surface area (Å²) < 4.78 is 12.8. The van der Waals surface area contributed by atoms with Gasteiger partial charge in [0, 0.05) is 24.1 Å². The molecule has 4 rings (SSSR count). The zero-order valence-corrected chi connectivity index (χ0v) is 17.1. The van der Waals surface area contributed by atoms with Gasteiger partial charge in [-0.25, -0.2) is 9.97 Å². The van der Waals surface area contributed by atoms with Crippen LogP contribution in [0.5, 0.6) is 17.4 Å². The minimum atomic E-state index is -0.102. The number of hydrogen-bond donors (Lipinski definition) is 1. The highest BCUT2D eigenvalue weighted by molar-refractivity contribution is 5.92. The SMILES string of the molecule is COc1ccc(CC(=O)Nc2ccc(Oc3cc(-n4ccnc4)nc(C)n3)cc2)cc1. The van der Waals surface area contributed by atoms with Gasteiger partial charge >= 0.3 is 0 Å². The first-order valence-corrected chi connectivity index (χ1v) is 9.64. The van der Waals surface area contributed by atoms with E-state index in [2.05, 4.69) is 20.3 Å². The number of aromatic nitrogens is 4. The standard InChI is InChI=1S/C23H21N5O3/c1-16-25-21(28-12-11-24-15-28)14-23(26-16)31-20-9-5-18(6-10-20)27-22(29)13-17-3-7-19(30-2)8-4-17/h3-12,14-15H,13H2,1-2H3,(H,27,29). The molecule has 0 aliphatic carbocycles. The van der Waals surface area contributed by atoms with Gasteiger partial charge in [-0.3, -0.25) is 9.36 Å². The maximum atomic E-state index is 12.3. The van der Waals surface area contributed by atoms with Crippen molar-refractivity contribution in [1.29, 1.82) is 0 Å². The smallest absolute Gasteiger partial charge is 0.228 e. The van der Waals surface area contributed by atoms with Gasteiger partial charge in [-0.2, -0.15) is 4.98 Å². The van der Waals surface area contributed by atoms with E-state index < -0.39 is 0 Å². The number of carbonyl (C=O) groups excluding carboxylic acids is 1. The lowest BCUT2D eigenvalue weighted by Crippen LogP contribution is -2.14. The van der Waals surface area contributed by atoms with Crippen molar-refractivity contribution in [3.63, 3.8) is 0 Å². The molecule has 2 aromatic heterocycles. The van der Waals surface area contributed by atoms with Crippen LogP contribution in [0, 0.1) is 6.92 Å². The number of anilines is 1. The first kappa shape index (κ1) is 20.1. The summed E-state index contributed by atoms with van der Waals surface area (Å²) in [6.07, 6.45) is 5.42. The molecule has 2 aromatic carbocycles. The second-order valence-corrected chi connectivity index (χ2v) is 6.78. The van der Waals surface area contributed by atoms with Gasteiger partial charge in [0.15, 0.2) is 0 Å². The normalized spacial score (nSPS) is 10.5. The van der Waals surface area contributed by atoms with Gasteiger partial charge in [0.1, 0.15) is 29.5 Å². The Balaban J connectivity index is 1.38. The molecule has 0 fully saturated rings. The van der Waals surface area contributed by atoms with Crippen LogP contribution in [0.1, 0.15) is 11.4 Å². The molecular weight excluding hydrogens is 394 g/mol. The van der Waals surface area contributed by atoms with E-state index in [1.54, 1.807) is 67.7 Å². The predicted octanol–water partition coefficient (Wildman–Crippen LogP) is 3.95. The highest BCUT2D eigenvalue weighted by atomic mass is 16.5. The second-order valence-electron chi connectivity index (χ2n) is 6.78. The average molecular weight is 415 g/mol. The van der Waals surface area contributed by atoms with Crippen LogP contribution >= 0.6 is 0 Å². The highest BCUT2D eigenvalue weighted by Gasteiger charge is 2.08. The number of hydrogen-bond acceptors (Lipinski definition) is 6. The van der Waals surface area contributed by atoms with Gasteiger partial charge in [0.05, 0.1) is 13.5 Å². The van der Waals surface area contributed by atoms with Crippen molar-refractivity contribution in [2.45, 2.75) is 13.3 Å². The molecule has 0 aliphatic rings. The van der Waals surface area contributed by atoms with Gasteiger partial charge in [-0.1, -0.05) is 12.1 Å². The van der Waals surface area contributed by atoms with Crippen LogP contribution in [-0.4, -0.2) is 32.5 Å². The molecule has 31 heavy (non-hydrogen) atoms. The molecule has 1 N–H and O–H groups in total. The molecule has 0 saturated heterocycles. The van der Waals surface area contributed by atoms with Crippen LogP contribution in [0.3, 0.4) is 0 Å². The lowest BCUT2D eigenvalue weighted by molar-refractivity contribution is -0.115. The zero-order chi connectivity index (χ0) is 21.6. The first-order valence-electron chi connectivity index (χ1n) is 9.64. The quantitative estimate of drug-likeness (QED) is 0.491. The van der Waals surface area contributed by atoms with Crippen LogP contribution in [-0.2, 0) is 11.2 Å². The van der Waals surface area contributed by atoms with Crippen molar-refractivity contribution >= 4 is 11.6 Å². The Bertz CT molecular complexity index is 1160. The molecule has 0 unspecified atom stereocenters. The number of rotatable bonds is 7. The van der Waals surface area contributed by atoms with E-state index in [0.717, 1.165) is 11.3 Å². The number of imidazole rings is 1. The summed E-state index contributed by atoms with van der Waals surface area (Å²) in [4.78, 5) is 25.0. The topological polar surface area (TPSA) is 91.2 Å². The molecule has 1 amide bonds. The van der Waals surface area contributed by atoms with Crippen LogP contribution < -0.4 is 14.8 Å². The fraction of sp³-hybridized carbons (Fsp3) is 0.130. The Hall–Kier alpha value is -4.20. The van der Waals surface area contributed by atoms with Crippen molar-refractivity contribution in [1.82, 2.24) is 19.5 Å². The van der Waals surface area contributed by atoms with E-state index >= 15 is 0 Å². The number of carbonyl (C=O) groups is 1. The van der Waals surface area contributed by atoms with Gasteiger partial charge in [-0.15, -0.1) is 0 Å². The van der Waals surface area contributed by atoms with Gasteiger partial charge < -0.3 is 14.8 Å². The number of nitrogens with zero attached hydrogens (tertiary/aromatic N) is 4. The fourth-order valence-corrected chi connectivity index (χ4v) is 2.97. The Morgan fingerprint density at radius 1 is 1.03 bits per heavy atom. The number of aryl methyl sites for hydroxylation is 1. The van der Waals surface area contributed by atoms with Gasteiger partial charge in [0.25, 0.3) is 0 Å². The number of ether oxygens (including phenoxy) is 2. The summed E-state index contributed by atoms with van der Waals surface area (Å²) in [5.41, 5.74) is 1.59. The molecule has 0 saturated carbocycles. The third-order valence-corrected chi connectivity index (χ3v) is 4.45. The minimum Gasteiger partial charge on any atom is -0.497 e. The van der Waals surface area contributed by atoms with Crippen molar-refractivity contribution in [3.8, 4) is 23.2 Å². The van der Waals surface area contributed by atoms with E-state index in [9.17, 15) is 4.79 Å². The van der Waals surface area contributed by atoms with Crippen molar-refractivity contribution in [2.75, 3.05) is 12.4 Å². The fourth-order valence-electron chi connectivity index (χ4n) is 2.97. The molecule has 0 aliphatic heterocycles. The van der Waals surface area contributed by atoms with Crippen LogP contribution in [0.2, 0.25) is 0 Å². The summed E-state index contributed by atoms with van der Waals surface area (Å²) in [5, 5.41) is 2.89. The molecule has 8 nitrogen and oxygen atoms in total. The molecule has 2 heterocycles. The summed E-state index contributed by atoms with van der Waals surface area (Å²) in [6, 6.07) is 16.3. The third kappa shape index (κ3) is 5.24. The summed E-state index contributed by atoms with van der Waals surface area (Å²) >= 11 is 0. The highest BCUT2D eigenvalue weighted by Crippen LogP contribution is 2.23. The molecule has 4 aromatic rings. The Morgan fingerprint density at radius 3 is 2.45 bits per heavy atom. The van der Waals surface area contributed by atoms with E-state index in [4.69, 9.17) is 9.47 Å². The lowest BCUT2D eigenvalue weighted by Gasteiger charge is -2.10. The summed E-state index contributed by atoms with van der Waals surface area (Å²) in [6.45, 7) is 1.80. The number of nitrogens with one attached hydrogen (secondary N) is 1. The Morgan fingerprint density at radius 2 is 1.77 bits per heavy atom. The molecule has 156 valence electrons. The van der Waals surface area contributed by atoms with Crippen molar-refractivity contribution < 1.29 is 14.3 Å². The summed E-state index contributed by atoms with van der Waals surface area (Å²) in [5.74, 6) is 2.94. The molecule has 0 spiro atoms. The third-order valence-electron chi connectivity index (χ3n) is 4.45. The number of amides is 1.